The average Bonchev–Trinajstić information content (AvgIpc) is 2.91. The quantitative estimate of drug-likeness (QED) is 0.156. The predicted molar refractivity (Wildman–Crippen MR) is 172 cm³/mol. The molecular formula is C32H51N7O6. The molecule has 250 valence electrons. The van der Waals surface area contributed by atoms with Gasteiger partial charge in [0.1, 0.15) is 0 Å². The number of hydrogen-bond donors (Lipinski definition) is 4. The van der Waals surface area contributed by atoms with E-state index in [1.165, 1.54) is 0 Å². The number of aryl methyl sites for hydroxylation is 1. The molecule has 13 heteroatoms. The van der Waals surface area contributed by atoms with Crippen LogP contribution in [0.3, 0.4) is 0 Å². The van der Waals surface area contributed by atoms with Gasteiger partial charge in [-0.1, -0.05) is 48.5 Å². The summed E-state index contributed by atoms with van der Waals surface area (Å²) in [4.78, 5) is 73.5. The molecular weight excluding hydrogens is 578 g/mol. The minimum Gasteiger partial charge on any atom is -0.449 e. The van der Waals surface area contributed by atoms with Crippen LogP contribution < -0.4 is 21.5 Å². The van der Waals surface area contributed by atoms with Gasteiger partial charge in [0.05, 0.1) is 19.2 Å². The van der Waals surface area contributed by atoms with Gasteiger partial charge in [0, 0.05) is 30.8 Å². The SMILES string of the molecule is CCC(C)(CNC(=O)Nc1nc(=O)c(CCOC(=O)NCC2(C)CC(N=C=O)CC(C)(C)C2)c(C)[nH]1)CC(C)(C)CCN=C=O. The Labute approximate surface area is 265 Å². The summed E-state index contributed by atoms with van der Waals surface area (Å²) in [5.41, 5.74) is -0.236. The highest BCUT2D eigenvalue weighted by atomic mass is 16.5. The van der Waals surface area contributed by atoms with Crippen molar-refractivity contribution in [3.63, 3.8) is 0 Å². The van der Waals surface area contributed by atoms with Crippen LogP contribution in [0, 0.1) is 28.6 Å². The first-order valence-electron chi connectivity index (χ1n) is 15.6. The number of ether oxygens (including phenoxy) is 1. The first-order valence-corrected chi connectivity index (χ1v) is 15.6. The largest absolute Gasteiger partial charge is 0.449 e. The maximum atomic E-state index is 12.7. The van der Waals surface area contributed by atoms with Crippen LogP contribution in [0.2, 0.25) is 0 Å². The van der Waals surface area contributed by atoms with E-state index in [0.29, 0.717) is 37.3 Å². The Balaban J connectivity index is 1.87. The summed E-state index contributed by atoms with van der Waals surface area (Å²) < 4.78 is 5.33. The van der Waals surface area contributed by atoms with Gasteiger partial charge in [-0.05, 0) is 67.1 Å². The molecule has 1 saturated carbocycles. The van der Waals surface area contributed by atoms with Gasteiger partial charge in [0.25, 0.3) is 5.56 Å². The molecule has 1 aliphatic rings. The van der Waals surface area contributed by atoms with Gasteiger partial charge in [0.2, 0.25) is 18.1 Å². The van der Waals surface area contributed by atoms with Gasteiger partial charge < -0.3 is 20.4 Å². The van der Waals surface area contributed by atoms with Crippen LogP contribution in [0.15, 0.2) is 14.8 Å². The average molecular weight is 630 g/mol. The Hall–Kier alpha value is -3.82. The molecule has 1 aromatic rings. The zero-order chi connectivity index (χ0) is 33.9. The van der Waals surface area contributed by atoms with Crippen LogP contribution >= 0.6 is 0 Å². The van der Waals surface area contributed by atoms with E-state index in [4.69, 9.17) is 4.74 Å². The Morgan fingerprint density at radius 3 is 2.47 bits per heavy atom. The molecule has 4 N–H and O–H groups in total. The van der Waals surface area contributed by atoms with Crippen molar-refractivity contribution in [2.75, 3.05) is 31.6 Å². The van der Waals surface area contributed by atoms with E-state index in [0.717, 1.165) is 32.1 Å². The van der Waals surface area contributed by atoms with Crippen LogP contribution in [0.4, 0.5) is 15.5 Å². The molecule has 13 nitrogen and oxygen atoms in total. The van der Waals surface area contributed by atoms with Crippen LogP contribution in [0.1, 0.15) is 98.2 Å². The molecule has 1 heterocycles. The molecule has 1 fully saturated rings. The topological polar surface area (TPSA) is 184 Å². The van der Waals surface area contributed by atoms with E-state index in [1.807, 2.05) is 0 Å². The third kappa shape index (κ3) is 12.6. The van der Waals surface area contributed by atoms with Crippen molar-refractivity contribution in [2.45, 2.75) is 106 Å². The van der Waals surface area contributed by atoms with Crippen molar-refractivity contribution < 1.29 is 23.9 Å². The number of carbonyl (C=O) groups is 2. The van der Waals surface area contributed by atoms with Crippen LogP contribution in [-0.2, 0) is 20.7 Å². The molecule has 0 aliphatic heterocycles. The van der Waals surface area contributed by atoms with Crippen LogP contribution in [0.25, 0.3) is 0 Å². The highest BCUT2D eigenvalue weighted by molar-refractivity contribution is 5.87. The lowest BCUT2D eigenvalue weighted by molar-refractivity contribution is 0.0785. The molecule has 3 amide bonds. The van der Waals surface area contributed by atoms with Gasteiger partial charge in [-0.2, -0.15) is 4.98 Å². The van der Waals surface area contributed by atoms with Crippen molar-refractivity contribution in [3.05, 3.63) is 21.6 Å². The molecule has 45 heavy (non-hydrogen) atoms. The molecule has 0 bridgehead atoms. The Morgan fingerprint density at radius 1 is 1.13 bits per heavy atom. The summed E-state index contributed by atoms with van der Waals surface area (Å²) in [6, 6.07) is -0.622. The first-order chi connectivity index (χ1) is 20.9. The summed E-state index contributed by atoms with van der Waals surface area (Å²) in [7, 11) is 0. The molecule has 1 aliphatic carbocycles. The van der Waals surface area contributed by atoms with Crippen molar-refractivity contribution in [2.24, 2.45) is 31.6 Å². The minimum absolute atomic E-state index is 0.0172. The molecule has 1 aromatic heterocycles. The molecule has 0 saturated heterocycles. The number of rotatable bonds is 15. The molecule has 3 atom stereocenters. The van der Waals surface area contributed by atoms with Crippen LogP contribution in [-0.4, -0.2) is 66.5 Å². The number of H-pyrrole nitrogens is 1. The van der Waals surface area contributed by atoms with Gasteiger partial charge in [-0.25, -0.2) is 29.2 Å². The van der Waals surface area contributed by atoms with E-state index < -0.39 is 17.7 Å². The first kappa shape index (κ1) is 37.4. The number of anilines is 1. The Kier molecular flexibility index (Phi) is 13.2. The summed E-state index contributed by atoms with van der Waals surface area (Å²) in [6.07, 6.45) is 7.48. The van der Waals surface area contributed by atoms with Gasteiger partial charge >= 0.3 is 12.1 Å². The van der Waals surface area contributed by atoms with E-state index in [-0.39, 0.29) is 46.7 Å². The lowest BCUT2D eigenvalue weighted by Crippen LogP contribution is -2.45. The number of aromatic nitrogens is 2. The van der Waals surface area contributed by atoms with Crippen molar-refractivity contribution in [3.8, 4) is 0 Å². The number of urea groups is 1. The second-order valence-corrected chi connectivity index (χ2v) is 14.7. The van der Waals surface area contributed by atoms with Crippen molar-refractivity contribution >= 4 is 30.2 Å². The predicted octanol–water partition coefficient (Wildman–Crippen LogP) is 4.95. The van der Waals surface area contributed by atoms with Crippen molar-refractivity contribution in [1.29, 1.82) is 0 Å². The molecule has 0 radical (unpaired) electrons. The number of amides is 3. The molecule has 0 aromatic carbocycles. The Morgan fingerprint density at radius 2 is 1.84 bits per heavy atom. The number of aromatic amines is 1. The lowest BCUT2D eigenvalue weighted by atomic mass is 9.63. The van der Waals surface area contributed by atoms with E-state index in [2.05, 4.69) is 84.4 Å². The third-order valence-corrected chi connectivity index (χ3v) is 8.76. The fraction of sp³-hybridized carbons (Fsp3) is 0.750. The summed E-state index contributed by atoms with van der Waals surface area (Å²) in [5.74, 6) is 0.0172. The number of alkyl carbamates (subject to hydrolysis) is 1. The van der Waals surface area contributed by atoms with E-state index in [1.54, 1.807) is 19.1 Å². The van der Waals surface area contributed by atoms with Gasteiger partial charge in [-0.3, -0.25) is 10.1 Å². The lowest BCUT2D eigenvalue weighted by Gasteiger charge is -2.45. The Bertz CT molecular complexity index is 1350. The second kappa shape index (κ2) is 16.0. The van der Waals surface area contributed by atoms with Crippen LogP contribution in [0.5, 0.6) is 0 Å². The standard InChI is InChI=1S/C32H51N7O6/c1-9-31(7,16-29(3,4)11-12-33-20-40)18-34-27(43)39-26-37-22(2)24(25(42)38-26)10-13-45-28(44)35-19-32(8)15-23(36-21-41)14-30(5,6)17-32/h23H,9-19H2,1-8H3,(H,35,44)(H3,34,37,38,39,42,43). The van der Waals surface area contributed by atoms with Crippen molar-refractivity contribution in [1.82, 2.24) is 20.6 Å². The molecule has 3 unspecified atom stereocenters. The fourth-order valence-electron chi connectivity index (χ4n) is 6.83. The zero-order valence-corrected chi connectivity index (χ0v) is 28.1. The highest BCUT2D eigenvalue weighted by Gasteiger charge is 2.41. The smallest absolute Gasteiger partial charge is 0.407 e. The number of carbonyl (C=O) groups excluding carboxylic acids is 4. The molecule has 2 rings (SSSR count). The second-order valence-electron chi connectivity index (χ2n) is 14.7. The fourth-order valence-corrected chi connectivity index (χ4v) is 6.83. The zero-order valence-electron chi connectivity index (χ0n) is 28.1. The summed E-state index contributed by atoms with van der Waals surface area (Å²) >= 11 is 0. The molecule has 0 spiro atoms. The van der Waals surface area contributed by atoms with E-state index >= 15 is 0 Å². The number of aliphatic imine (C=N–C) groups is 2. The van der Waals surface area contributed by atoms with Gasteiger partial charge in [-0.15, -0.1) is 0 Å². The third-order valence-electron chi connectivity index (χ3n) is 8.76. The minimum atomic E-state index is -0.594. The summed E-state index contributed by atoms with van der Waals surface area (Å²) in [5, 5.41) is 8.29. The van der Waals surface area contributed by atoms with E-state index in [9.17, 15) is 24.0 Å². The number of nitrogens with one attached hydrogen (secondary N) is 4. The highest BCUT2D eigenvalue weighted by Crippen LogP contribution is 2.46. The number of nitrogens with zero attached hydrogens (tertiary/aromatic N) is 3. The maximum Gasteiger partial charge on any atom is 0.407 e. The number of isocyanates is 2. The maximum absolute atomic E-state index is 12.7. The van der Waals surface area contributed by atoms with Gasteiger partial charge in [0.15, 0.2) is 0 Å². The normalized spacial score (nSPS) is 20.5. The monoisotopic (exact) mass is 629 g/mol. The summed E-state index contributed by atoms with van der Waals surface area (Å²) in [6.45, 7) is 17.5. The number of hydrogen-bond acceptors (Lipinski definition) is 9.